The van der Waals surface area contributed by atoms with Crippen LogP contribution in [0.25, 0.3) is 0 Å². The zero-order valence-corrected chi connectivity index (χ0v) is 4.97. The minimum atomic E-state index is -2.14. The molecule has 1 aromatic heterocycles. The molecule has 0 spiro atoms. The van der Waals surface area contributed by atoms with Gasteiger partial charge in [-0.05, 0) is 0 Å². The molecule has 1 aromatic rings. The molecule has 0 unspecified atom stereocenters. The van der Waals surface area contributed by atoms with E-state index in [9.17, 15) is 22.0 Å². The molecule has 0 bridgehead atoms. The van der Waals surface area contributed by atoms with Gasteiger partial charge in [0.05, 0.1) is 0 Å². The fourth-order valence-corrected chi connectivity index (χ4v) is 0.544. The van der Waals surface area contributed by atoms with E-state index >= 15 is 0 Å². The molecule has 1 rings (SSSR count). The molecule has 0 aromatic carbocycles. The summed E-state index contributed by atoms with van der Waals surface area (Å²) in [6.07, 6.45) is 0. The molecule has 0 N–H and O–H groups in total. The van der Waals surface area contributed by atoms with Crippen molar-refractivity contribution in [2.45, 2.75) is 0 Å². The Labute approximate surface area is 58.9 Å². The predicted molar refractivity (Wildman–Crippen MR) is 27.6 cm³/mol. The van der Waals surface area contributed by atoms with E-state index in [2.05, 4.69) is 0 Å². The topological polar surface area (TPSA) is 0 Å². The van der Waals surface area contributed by atoms with Crippen molar-refractivity contribution in [1.29, 1.82) is 0 Å². The average molecular weight is 166 g/mol. The van der Waals surface area contributed by atoms with Gasteiger partial charge in [-0.15, -0.1) is 0 Å². The molecule has 58 valence electrons. The van der Waals surface area contributed by atoms with Crippen LogP contribution in [0, 0.1) is 28.9 Å². The van der Waals surface area contributed by atoms with Crippen LogP contribution in [0.1, 0.15) is 0 Å². The van der Waals surface area contributed by atoms with Gasteiger partial charge in [0.2, 0.25) is 0 Å². The summed E-state index contributed by atoms with van der Waals surface area (Å²) in [5.74, 6) is -6.16. The molecule has 1 heterocycles. The van der Waals surface area contributed by atoms with Crippen LogP contribution in [-0.4, -0.2) is 6.91 Å². The third-order valence-corrected chi connectivity index (χ3v) is 1.06. The Morgan fingerprint density at radius 1 is 0.636 bits per heavy atom. The van der Waals surface area contributed by atoms with Crippen LogP contribution in [-0.2, 0) is 0 Å². The predicted octanol–water partition coefficient (Wildman–Crippen LogP) is 1.72. The maximum absolute atomic E-state index is 12.0. The second-order valence-electron chi connectivity index (χ2n) is 1.78. The number of halogens is 5. The van der Waals surface area contributed by atoms with Crippen molar-refractivity contribution in [3.63, 3.8) is 0 Å². The van der Waals surface area contributed by atoms with Gasteiger partial charge < -0.3 is 0 Å². The molecule has 0 fully saturated rings. The minimum absolute atomic E-state index is 0.0618. The summed E-state index contributed by atoms with van der Waals surface area (Å²) in [7, 11) is 0. The normalized spacial score (nSPS) is 9.91. The first-order valence-corrected chi connectivity index (χ1v) is 2.52. The van der Waals surface area contributed by atoms with Gasteiger partial charge in [0.25, 0.3) is 0 Å². The molecule has 0 aliphatic rings. The Balaban J connectivity index is 3.46. The molecule has 0 aliphatic carbocycles. The molecule has 0 saturated heterocycles. The van der Waals surface area contributed by atoms with Crippen LogP contribution >= 0.6 is 0 Å². The summed E-state index contributed by atoms with van der Waals surface area (Å²) in [4.78, 5) is 0. The number of hydrogen-bond donors (Lipinski definition) is 0. The van der Waals surface area contributed by atoms with E-state index in [1.165, 1.54) is 0 Å². The third kappa shape index (κ3) is 1.24. The molecule has 6 heteroatoms. The zero-order chi connectivity index (χ0) is 8.59. The van der Waals surface area contributed by atoms with Gasteiger partial charge in [-0.2, -0.15) is 0 Å². The molecular weight excluding hydrogens is 166 g/mol. The van der Waals surface area contributed by atoms with E-state index in [1.54, 1.807) is 0 Å². The second-order valence-corrected chi connectivity index (χ2v) is 1.78. The van der Waals surface area contributed by atoms with Crippen molar-refractivity contribution in [3.05, 3.63) is 28.9 Å². The van der Waals surface area contributed by atoms with Gasteiger partial charge in [0.15, 0.2) is 0 Å². The van der Waals surface area contributed by atoms with Crippen molar-refractivity contribution < 1.29 is 22.0 Å². The van der Waals surface area contributed by atoms with E-state index < -0.39 is 28.9 Å². The van der Waals surface area contributed by atoms with E-state index in [4.69, 9.17) is 0 Å². The van der Waals surface area contributed by atoms with Crippen molar-refractivity contribution in [1.82, 2.24) is 0 Å². The summed E-state index contributed by atoms with van der Waals surface area (Å²) >= 11 is 0. The first-order chi connectivity index (χ1) is 5.04. The van der Waals surface area contributed by atoms with Crippen LogP contribution in [0.3, 0.4) is 0 Å². The Bertz CT molecular complexity index is 271. The van der Waals surface area contributed by atoms with Gasteiger partial charge in [0.1, 0.15) is 0 Å². The fourth-order valence-electron chi connectivity index (χ4n) is 0.544. The van der Waals surface area contributed by atoms with Crippen molar-refractivity contribution in [2.75, 3.05) is 0 Å². The molecule has 0 saturated carbocycles. The van der Waals surface area contributed by atoms with E-state index in [0.29, 0.717) is 0 Å². The Morgan fingerprint density at radius 3 is 1.36 bits per heavy atom. The standard InChI is InChI=1S/C5BF5/c7-1-2(8)4(10)6-5(11)3(1)9. The van der Waals surface area contributed by atoms with Crippen LogP contribution in [0.15, 0.2) is 0 Å². The van der Waals surface area contributed by atoms with Crippen LogP contribution in [0.2, 0.25) is 0 Å². The van der Waals surface area contributed by atoms with Crippen LogP contribution in [0.4, 0.5) is 22.0 Å². The number of rotatable bonds is 0. The van der Waals surface area contributed by atoms with Crippen molar-refractivity contribution in [2.24, 2.45) is 0 Å². The first-order valence-electron chi connectivity index (χ1n) is 2.52. The van der Waals surface area contributed by atoms with E-state index in [-0.39, 0.29) is 6.91 Å². The molecule has 0 aliphatic heterocycles. The van der Waals surface area contributed by atoms with Crippen molar-refractivity contribution >= 4 is 6.91 Å². The molecule has 0 nitrogen and oxygen atoms in total. The first kappa shape index (κ1) is 8.16. The Morgan fingerprint density at radius 2 is 1.00 bits per heavy atom. The summed E-state index contributed by atoms with van der Waals surface area (Å²) in [6.45, 7) is -0.0618. The van der Waals surface area contributed by atoms with Gasteiger partial charge >= 0.3 is 57.7 Å². The molecule has 0 atom stereocenters. The van der Waals surface area contributed by atoms with Crippen LogP contribution in [0.5, 0.6) is 0 Å². The summed E-state index contributed by atoms with van der Waals surface area (Å²) in [5.41, 5.74) is -3.50. The molecule has 0 amide bonds. The van der Waals surface area contributed by atoms with Crippen LogP contribution < -0.4 is 0 Å². The molecule has 11 heavy (non-hydrogen) atoms. The summed E-state index contributed by atoms with van der Waals surface area (Å²) in [5, 5.41) is 0. The average Bonchev–Trinajstić information content (AvgIpc) is 1.97. The van der Waals surface area contributed by atoms with E-state index in [1.807, 2.05) is 0 Å². The van der Waals surface area contributed by atoms with Gasteiger partial charge in [-0.25, -0.2) is 0 Å². The van der Waals surface area contributed by atoms with Crippen molar-refractivity contribution in [3.8, 4) is 0 Å². The summed E-state index contributed by atoms with van der Waals surface area (Å²) in [6, 6.07) is 0. The number of hydrogen-bond acceptors (Lipinski definition) is 0. The van der Waals surface area contributed by atoms with Gasteiger partial charge in [0, 0.05) is 0 Å². The quantitative estimate of drug-likeness (QED) is 0.514. The monoisotopic (exact) mass is 166 g/mol. The van der Waals surface area contributed by atoms with E-state index in [0.717, 1.165) is 0 Å². The van der Waals surface area contributed by atoms with Gasteiger partial charge in [-0.1, -0.05) is 0 Å². The van der Waals surface area contributed by atoms with Gasteiger partial charge in [-0.3, -0.25) is 0 Å². The second kappa shape index (κ2) is 2.60. The summed E-state index contributed by atoms with van der Waals surface area (Å²) < 4.78 is 60.0. The Hall–Kier alpha value is -0.935. The maximum atomic E-state index is 12.0. The third-order valence-electron chi connectivity index (χ3n) is 1.06. The zero-order valence-electron chi connectivity index (χ0n) is 4.97. The Kier molecular flexibility index (Phi) is 1.93. The molecular formula is C5BF5. The SMILES string of the molecule is Fc1bc(F)c(F)c(F)c1F. The fraction of sp³-hybridized carbons (Fsp3) is 0. The molecule has 0 radical (unpaired) electrons.